The summed E-state index contributed by atoms with van der Waals surface area (Å²) in [6, 6.07) is 0. The molecule has 1 saturated carbocycles. The zero-order valence-corrected chi connectivity index (χ0v) is 11.3. The van der Waals surface area contributed by atoms with Crippen molar-refractivity contribution < 1.29 is 14.3 Å². The molecule has 6 nitrogen and oxygen atoms in total. The minimum atomic E-state index is -0.110. The normalized spacial score (nSPS) is 20.6. The lowest BCUT2D eigenvalue weighted by Gasteiger charge is -2.26. The van der Waals surface area contributed by atoms with Gasteiger partial charge in [-0.15, -0.1) is 0 Å². The van der Waals surface area contributed by atoms with Gasteiger partial charge in [0.1, 0.15) is 0 Å². The fourth-order valence-corrected chi connectivity index (χ4v) is 2.22. The number of nitrogens with zero attached hydrogens (tertiary/aromatic N) is 1. The Morgan fingerprint density at radius 1 is 1.16 bits per heavy atom. The molecule has 19 heavy (non-hydrogen) atoms. The van der Waals surface area contributed by atoms with E-state index in [1.54, 1.807) is 0 Å². The molecule has 108 valence electrons. The smallest absolute Gasteiger partial charge is 0.239 e. The molecule has 1 heterocycles. The van der Waals surface area contributed by atoms with E-state index in [0.29, 0.717) is 6.54 Å². The van der Waals surface area contributed by atoms with Crippen LogP contribution in [0.3, 0.4) is 0 Å². The number of morpholine rings is 1. The van der Waals surface area contributed by atoms with E-state index in [1.165, 1.54) is 0 Å². The lowest BCUT2D eigenvalue weighted by atomic mass is 9.85. The first-order valence-electron chi connectivity index (χ1n) is 7.10. The highest BCUT2D eigenvalue weighted by Crippen LogP contribution is 2.25. The summed E-state index contributed by atoms with van der Waals surface area (Å²) < 4.78 is 5.25. The van der Waals surface area contributed by atoms with Crippen LogP contribution in [-0.4, -0.2) is 62.7 Å². The maximum Gasteiger partial charge on any atom is 0.239 e. The van der Waals surface area contributed by atoms with Gasteiger partial charge in [-0.3, -0.25) is 14.5 Å². The van der Waals surface area contributed by atoms with Crippen LogP contribution < -0.4 is 10.6 Å². The van der Waals surface area contributed by atoms with Gasteiger partial charge in [0.25, 0.3) is 0 Å². The molecule has 1 aliphatic heterocycles. The van der Waals surface area contributed by atoms with Crippen molar-refractivity contribution in [2.24, 2.45) is 5.92 Å². The minimum absolute atomic E-state index is 0.0228. The van der Waals surface area contributed by atoms with Crippen LogP contribution >= 0.6 is 0 Å². The maximum atomic E-state index is 11.5. The van der Waals surface area contributed by atoms with Crippen LogP contribution in [0.25, 0.3) is 0 Å². The Labute approximate surface area is 113 Å². The number of ether oxygens (including phenoxy) is 1. The maximum absolute atomic E-state index is 11.5. The topological polar surface area (TPSA) is 70.7 Å². The number of hydrogen-bond donors (Lipinski definition) is 2. The van der Waals surface area contributed by atoms with E-state index >= 15 is 0 Å². The number of carbonyl (C=O) groups is 2. The third-order valence-electron chi connectivity index (χ3n) is 3.75. The van der Waals surface area contributed by atoms with Crippen LogP contribution in [0.5, 0.6) is 0 Å². The summed E-state index contributed by atoms with van der Waals surface area (Å²) in [6.45, 7) is 4.95. The fraction of sp³-hybridized carbons (Fsp3) is 0.846. The van der Waals surface area contributed by atoms with Gasteiger partial charge in [0.2, 0.25) is 11.8 Å². The van der Waals surface area contributed by atoms with Crippen LogP contribution in [0, 0.1) is 5.92 Å². The van der Waals surface area contributed by atoms with Gasteiger partial charge in [0.15, 0.2) is 0 Å². The first kappa shape index (κ1) is 14.3. The zero-order chi connectivity index (χ0) is 13.5. The van der Waals surface area contributed by atoms with Gasteiger partial charge in [0.05, 0.1) is 19.8 Å². The Balaban J connectivity index is 1.50. The van der Waals surface area contributed by atoms with E-state index in [1.807, 2.05) is 0 Å². The largest absolute Gasteiger partial charge is 0.379 e. The van der Waals surface area contributed by atoms with Crippen LogP contribution in [0.15, 0.2) is 0 Å². The SMILES string of the molecule is O=C(CNC(=O)C1CCC1)NCCN1CCOCC1. The molecule has 0 radical (unpaired) electrons. The summed E-state index contributed by atoms with van der Waals surface area (Å²) in [5.41, 5.74) is 0. The monoisotopic (exact) mass is 269 g/mol. The lowest BCUT2D eigenvalue weighted by molar-refractivity contribution is -0.130. The average molecular weight is 269 g/mol. The molecule has 1 saturated heterocycles. The molecular formula is C13H23N3O3. The molecule has 0 aromatic heterocycles. The molecule has 2 N–H and O–H groups in total. The number of rotatable bonds is 6. The third-order valence-corrected chi connectivity index (χ3v) is 3.75. The molecule has 0 aromatic rings. The molecule has 1 aliphatic carbocycles. The van der Waals surface area contributed by atoms with Crippen molar-refractivity contribution in [1.29, 1.82) is 0 Å². The van der Waals surface area contributed by atoms with Crippen molar-refractivity contribution >= 4 is 11.8 Å². The lowest BCUT2D eigenvalue weighted by Crippen LogP contribution is -2.44. The second kappa shape index (κ2) is 7.45. The number of hydrogen-bond acceptors (Lipinski definition) is 4. The second-order valence-electron chi connectivity index (χ2n) is 5.15. The summed E-state index contributed by atoms with van der Waals surface area (Å²) in [7, 11) is 0. The van der Waals surface area contributed by atoms with Gasteiger partial charge in [0, 0.05) is 32.1 Å². The molecular weight excluding hydrogens is 246 g/mol. The van der Waals surface area contributed by atoms with Crippen molar-refractivity contribution in [1.82, 2.24) is 15.5 Å². The molecule has 2 aliphatic rings. The van der Waals surface area contributed by atoms with E-state index in [4.69, 9.17) is 4.74 Å². The van der Waals surface area contributed by atoms with Crippen molar-refractivity contribution in [3.8, 4) is 0 Å². The standard InChI is InChI=1S/C13H23N3O3/c17-12(10-15-13(18)11-2-1-3-11)14-4-5-16-6-8-19-9-7-16/h11H,1-10H2,(H,14,17)(H,15,18). The summed E-state index contributed by atoms with van der Waals surface area (Å²) in [5.74, 6) is 0.0525. The third kappa shape index (κ3) is 4.80. The van der Waals surface area contributed by atoms with E-state index in [0.717, 1.165) is 52.1 Å². The Kier molecular flexibility index (Phi) is 5.60. The Hall–Kier alpha value is -1.14. The van der Waals surface area contributed by atoms with Crippen LogP contribution in [0.1, 0.15) is 19.3 Å². The van der Waals surface area contributed by atoms with Gasteiger partial charge >= 0.3 is 0 Å². The first-order valence-corrected chi connectivity index (χ1v) is 7.10. The summed E-state index contributed by atoms with van der Waals surface area (Å²) in [5, 5.41) is 5.51. The van der Waals surface area contributed by atoms with Gasteiger partial charge in [-0.1, -0.05) is 6.42 Å². The molecule has 0 unspecified atom stereocenters. The van der Waals surface area contributed by atoms with Crippen LogP contribution in [-0.2, 0) is 14.3 Å². The highest BCUT2D eigenvalue weighted by Gasteiger charge is 2.25. The summed E-state index contributed by atoms with van der Waals surface area (Å²) >= 11 is 0. The quantitative estimate of drug-likeness (QED) is 0.672. The fourth-order valence-electron chi connectivity index (χ4n) is 2.22. The number of carbonyl (C=O) groups excluding carboxylic acids is 2. The van der Waals surface area contributed by atoms with E-state index < -0.39 is 0 Å². The molecule has 2 rings (SSSR count). The van der Waals surface area contributed by atoms with Gasteiger partial charge < -0.3 is 15.4 Å². The van der Waals surface area contributed by atoms with Crippen molar-refractivity contribution in [2.75, 3.05) is 45.9 Å². The Bertz CT molecular complexity index is 312. The highest BCUT2D eigenvalue weighted by molar-refractivity contribution is 5.86. The number of amides is 2. The van der Waals surface area contributed by atoms with E-state index in [-0.39, 0.29) is 24.3 Å². The van der Waals surface area contributed by atoms with Crippen LogP contribution in [0.4, 0.5) is 0 Å². The molecule has 2 amide bonds. The molecule has 0 atom stereocenters. The van der Waals surface area contributed by atoms with Crippen LogP contribution in [0.2, 0.25) is 0 Å². The summed E-state index contributed by atoms with van der Waals surface area (Å²) in [4.78, 5) is 25.3. The van der Waals surface area contributed by atoms with Crippen molar-refractivity contribution in [2.45, 2.75) is 19.3 Å². The molecule has 0 aromatic carbocycles. The molecule has 6 heteroatoms. The van der Waals surface area contributed by atoms with Crippen molar-refractivity contribution in [3.05, 3.63) is 0 Å². The minimum Gasteiger partial charge on any atom is -0.379 e. The zero-order valence-electron chi connectivity index (χ0n) is 11.3. The van der Waals surface area contributed by atoms with E-state index in [2.05, 4.69) is 15.5 Å². The van der Waals surface area contributed by atoms with Gasteiger partial charge in [-0.25, -0.2) is 0 Å². The summed E-state index contributed by atoms with van der Waals surface area (Å²) in [6.07, 6.45) is 3.05. The number of nitrogens with one attached hydrogen (secondary N) is 2. The van der Waals surface area contributed by atoms with E-state index in [9.17, 15) is 9.59 Å². The highest BCUT2D eigenvalue weighted by atomic mass is 16.5. The Morgan fingerprint density at radius 2 is 1.89 bits per heavy atom. The predicted molar refractivity (Wildman–Crippen MR) is 70.6 cm³/mol. The molecule has 0 bridgehead atoms. The average Bonchev–Trinajstić information content (AvgIpc) is 2.36. The van der Waals surface area contributed by atoms with Gasteiger partial charge in [-0.2, -0.15) is 0 Å². The first-order chi connectivity index (χ1) is 9.25. The second-order valence-corrected chi connectivity index (χ2v) is 5.15. The van der Waals surface area contributed by atoms with Gasteiger partial charge in [-0.05, 0) is 12.8 Å². The molecule has 2 fully saturated rings. The predicted octanol–water partition coefficient (Wildman–Crippen LogP) is -0.649. The molecule has 0 spiro atoms. The van der Waals surface area contributed by atoms with Crippen molar-refractivity contribution in [3.63, 3.8) is 0 Å². The Morgan fingerprint density at radius 3 is 2.53 bits per heavy atom.